The lowest BCUT2D eigenvalue weighted by Gasteiger charge is -2.11. The molecule has 0 spiro atoms. The summed E-state index contributed by atoms with van der Waals surface area (Å²) in [5, 5.41) is 13.0. The number of nitrogens with two attached hydrogens (primary N) is 2. The lowest BCUT2D eigenvalue weighted by Crippen LogP contribution is -2.37. The summed E-state index contributed by atoms with van der Waals surface area (Å²) in [6.07, 6.45) is 0. The molecule has 1 fully saturated rings. The average molecular weight is 386 g/mol. The molecule has 3 rings (SSSR count). The van der Waals surface area contributed by atoms with Gasteiger partial charge in [-0.3, -0.25) is 9.59 Å². The summed E-state index contributed by atoms with van der Waals surface area (Å²) in [5.41, 5.74) is 8.20. The zero-order valence-corrected chi connectivity index (χ0v) is 14.7. The summed E-state index contributed by atoms with van der Waals surface area (Å²) in [4.78, 5) is 27.3. The second-order valence-corrected chi connectivity index (χ2v) is 6.39. The van der Waals surface area contributed by atoms with Crippen molar-refractivity contribution in [2.24, 2.45) is 5.73 Å². The normalized spacial score (nSPS) is 21.3. The second kappa shape index (κ2) is 6.99. The monoisotopic (exact) mass is 386 g/mol. The maximum Gasteiger partial charge on any atom is 0.269 e. The van der Waals surface area contributed by atoms with Gasteiger partial charge in [0.15, 0.2) is 17.1 Å². The summed E-state index contributed by atoms with van der Waals surface area (Å²) in [5.74, 6) is 1.38. The first-order valence-electron chi connectivity index (χ1n) is 8.21. The van der Waals surface area contributed by atoms with Gasteiger partial charge in [0.2, 0.25) is 0 Å². The Morgan fingerprint density at radius 2 is 2.07 bits per heavy atom. The summed E-state index contributed by atoms with van der Waals surface area (Å²) in [7, 11) is 0. The van der Waals surface area contributed by atoms with Gasteiger partial charge in [-0.1, -0.05) is 11.8 Å². The molecule has 1 saturated heterocycles. The SMILES string of the molecule is CC1NC[C@@](O)(C#Cc2cc(-c3ccc(N)c(C(N)=O)n3)c(F)cc2F)C1=O. The van der Waals surface area contributed by atoms with E-state index in [1.807, 2.05) is 0 Å². The minimum atomic E-state index is -1.96. The number of benzene rings is 1. The first-order valence-corrected chi connectivity index (χ1v) is 8.21. The van der Waals surface area contributed by atoms with Gasteiger partial charge in [0.25, 0.3) is 5.91 Å². The molecular formula is C19H16F2N4O3. The Balaban J connectivity index is 2.06. The van der Waals surface area contributed by atoms with E-state index >= 15 is 0 Å². The molecule has 0 radical (unpaired) electrons. The number of primary amides is 1. The highest BCUT2D eigenvalue weighted by Crippen LogP contribution is 2.26. The Hall–Kier alpha value is -3.35. The van der Waals surface area contributed by atoms with Crippen molar-refractivity contribution < 1.29 is 23.5 Å². The van der Waals surface area contributed by atoms with E-state index in [1.165, 1.54) is 12.1 Å². The summed E-state index contributed by atoms with van der Waals surface area (Å²) in [6.45, 7) is 1.47. The molecule has 1 aromatic heterocycles. The van der Waals surface area contributed by atoms with E-state index < -0.39 is 35.0 Å². The van der Waals surface area contributed by atoms with Gasteiger partial charge in [-0.25, -0.2) is 13.8 Å². The molecule has 6 N–H and O–H groups in total. The molecule has 0 bridgehead atoms. The molecule has 0 saturated carbocycles. The minimum absolute atomic E-state index is 0.00510. The Morgan fingerprint density at radius 1 is 1.36 bits per heavy atom. The van der Waals surface area contributed by atoms with Crippen LogP contribution in [-0.4, -0.2) is 40.0 Å². The highest BCUT2D eigenvalue weighted by atomic mass is 19.1. The first-order chi connectivity index (χ1) is 13.1. The largest absolute Gasteiger partial charge is 0.397 e. The van der Waals surface area contributed by atoms with Crippen LogP contribution in [0.15, 0.2) is 24.3 Å². The van der Waals surface area contributed by atoms with Crippen LogP contribution in [0, 0.1) is 23.5 Å². The molecule has 1 aromatic carbocycles. The predicted molar refractivity (Wildman–Crippen MR) is 96.8 cm³/mol. The van der Waals surface area contributed by atoms with E-state index in [2.05, 4.69) is 22.1 Å². The van der Waals surface area contributed by atoms with E-state index in [0.717, 1.165) is 6.07 Å². The number of pyridine rings is 1. The van der Waals surface area contributed by atoms with Crippen molar-refractivity contribution in [2.45, 2.75) is 18.6 Å². The van der Waals surface area contributed by atoms with Crippen LogP contribution in [-0.2, 0) is 4.79 Å². The first kappa shape index (κ1) is 19.4. The average Bonchev–Trinajstić information content (AvgIpc) is 2.89. The van der Waals surface area contributed by atoms with Crippen LogP contribution < -0.4 is 16.8 Å². The highest BCUT2D eigenvalue weighted by Gasteiger charge is 2.43. The number of rotatable bonds is 2. The van der Waals surface area contributed by atoms with Gasteiger partial charge in [0, 0.05) is 18.2 Å². The van der Waals surface area contributed by atoms with Gasteiger partial charge in [0.05, 0.1) is 23.0 Å². The lowest BCUT2D eigenvalue weighted by molar-refractivity contribution is -0.128. The zero-order chi connectivity index (χ0) is 20.6. The van der Waals surface area contributed by atoms with Crippen molar-refractivity contribution in [1.29, 1.82) is 0 Å². The maximum atomic E-state index is 14.3. The molecule has 1 aliphatic rings. The third-order valence-corrected chi connectivity index (χ3v) is 4.36. The fourth-order valence-electron chi connectivity index (χ4n) is 2.77. The molecule has 2 atom stereocenters. The molecule has 144 valence electrons. The lowest BCUT2D eigenvalue weighted by atomic mass is 9.98. The number of hydrogen-bond acceptors (Lipinski definition) is 6. The summed E-state index contributed by atoms with van der Waals surface area (Å²) >= 11 is 0. The number of anilines is 1. The number of β-amino-alcohol motifs (C(OH)–C–C–N with tert-alkyl or cyclic N) is 1. The number of carbonyl (C=O) groups is 2. The Labute approximate surface area is 158 Å². The van der Waals surface area contributed by atoms with Crippen LogP contribution in [0.25, 0.3) is 11.3 Å². The summed E-state index contributed by atoms with van der Waals surface area (Å²) in [6, 6.07) is 3.75. The third kappa shape index (κ3) is 3.43. The number of nitrogens with one attached hydrogen (secondary N) is 1. The Kier molecular flexibility index (Phi) is 4.85. The van der Waals surface area contributed by atoms with Crippen LogP contribution >= 0.6 is 0 Å². The second-order valence-electron chi connectivity index (χ2n) is 6.39. The fraction of sp³-hybridized carbons (Fsp3) is 0.211. The van der Waals surface area contributed by atoms with Crippen LogP contribution in [0.3, 0.4) is 0 Å². The maximum absolute atomic E-state index is 14.3. The van der Waals surface area contributed by atoms with E-state index in [9.17, 15) is 23.5 Å². The van der Waals surface area contributed by atoms with Crippen molar-refractivity contribution >= 4 is 17.4 Å². The van der Waals surface area contributed by atoms with Gasteiger partial charge in [-0.05, 0) is 25.1 Å². The summed E-state index contributed by atoms with van der Waals surface area (Å²) < 4.78 is 28.4. The number of amides is 1. The molecule has 1 unspecified atom stereocenters. The van der Waals surface area contributed by atoms with E-state index in [-0.39, 0.29) is 34.7 Å². The standard InChI is InChI=1S/C19H16F2N4O3/c1-9-17(26)19(28,8-24-9)5-4-10-6-11(13(21)7-12(10)20)15-3-2-14(22)16(25-15)18(23)27/h2-3,6-7,9,24,28H,8,22H2,1H3,(H2,23,27)/t9?,19-/m0/s1. The zero-order valence-electron chi connectivity index (χ0n) is 14.7. The fourth-order valence-corrected chi connectivity index (χ4v) is 2.77. The number of aliphatic hydroxyl groups is 1. The van der Waals surface area contributed by atoms with Crippen LogP contribution in [0.2, 0.25) is 0 Å². The number of ketones is 1. The van der Waals surface area contributed by atoms with E-state index in [0.29, 0.717) is 6.07 Å². The molecular weight excluding hydrogens is 370 g/mol. The van der Waals surface area contributed by atoms with Crippen LogP contribution in [0.1, 0.15) is 23.0 Å². The number of carbonyl (C=O) groups excluding carboxylic acids is 2. The third-order valence-electron chi connectivity index (χ3n) is 4.36. The molecule has 2 aromatic rings. The van der Waals surface area contributed by atoms with Crippen molar-refractivity contribution in [3.05, 3.63) is 47.2 Å². The number of Topliss-reactive ketones (excluding diaryl/α,β-unsaturated/α-hetero) is 1. The number of hydrogen-bond donors (Lipinski definition) is 4. The molecule has 0 aliphatic carbocycles. The quantitative estimate of drug-likeness (QED) is 0.551. The number of nitrogen functional groups attached to an aromatic ring is 1. The van der Waals surface area contributed by atoms with Crippen molar-refractivity contribution in [3.8, 4) is 23.1 Å². The van der Waals surface area contributed by atoms with Gasteiger partial charge in [0.1, 0.15) is 11.6 Å². The van der Waals surface area contributed by atoms with Gasteiger partial charge in [-0.2, -0.15) is 0 Å². The van der Waals surface area contributed by atoms with Crippen LogP contribution in [0.4, 0.5) is 14.5 Å². The van der Waals surface area contributed by atoms with Crippen molar-refractivity contribution in [3.63, 3.8) is 0 Å². The van der Waals surface area contributed by atoms with E-state index in [1.54, 1.807) is 6.92 Å². The molecule has 2 heterocycles. The number of nitrogens with zero attached hydrogens (tertiary/aromatic N) is 1. The van der Waals surface area contributed by atoms with Crippen LogP contribution in [0.5, 0.6) is 0 Å². The number of aromatic nitrogens is 1. The minimum Gasteiger partial charge on any atom is -0.397 e. The van der Waals surface area contributed by atoms with E-state index in [4.69, 9.17) is 11.5 Å². The molecule has 1 amide bonds. The molecule has 9 heteroatoms. The van der Waals surface area contributed by atoms with Gasteiger partial charge >= 0.3 is 0 Å². The van der Waals surface area contributed by atoms with Crippen molar-refractivity contribution in [1.82, 2.24) is 10.3 Å². The topological polar surface area (TPSA) is 131 Å². The van der Waals surface area contributed by atoms with Crippen molar-refractivity contribution in [2.75, 3.05) is 12.3 Å². The Morgan fingerprint density at radius 3 is 2.68 bits per heavy atom. The predicted octanol–water partition coefficient (Wildman–Crippen LogP) is 0.351. The molecule has 28 heavy (non-hydrogen) atoms. The molecule has 1 aliphatic heterocycles. The smallest absolute Gasteiger partial charge is 0.269 e. The highest BCUT2D eigenvalue weighted by molar-refractivity contribution is 5.97. The molecule has 7 nitrogen and oxygen atoms in total. The number of halogens is 2. The Bertz CT molecular complexity index is 1060. The van der Waals surface area contributed by atoms with Gasteiger partial charge < -0.3 is 21.9 Å². The van der Waals surface area contributed by atoms with Gasteiger partial charge in [-0.15, -0.1) is 0 Å².